The second kappa shape index (κ2) is 42.9. The number of nitrogens with zero attached hydrogens (tertiary/aromatic N) is 8. The molecule has 29 heteroatoms. The van der Waals surface area contributed by atoms with Gasteiger partial charge in [0, 0.05) is 75.8 Å². The Morgan fingerprint density at radius 3 is 1.65 bits per heavy atom. The number of H-pyrrole nitrogens is 1. The van der Waals surface area contributed by atoms with E-state index in [1.807, 2.05) is 56.1 Å². The van der Waals surface area contributed by atoms with E-state index in [-0.39, 0.29) is 23.6 Å². The number of ether oxygens (including phenoxy) is 12. The summed E-state index contributed by atoms with van der Waals surface area (Å²) in [6.45, 7) is 20.8. The monoisotopic (exact) mass is 1310 g/mol. The zero-order chi connectivity index (χ0) is 63.9. The maximum atomic E-state index is 12.9. The second-order valence-corrected chi connectivity index (χ2v) is 22.5. The summed E-state index contributed by atoms with van der Waals surface area (Å²) in [5, 5.41) is 17.2. The molecule has 502 valence electrons. The molecule has 7 rings (SSSR count). The van der Waals surface area contributed by atoms with Gasteiger partial charge in [0.2, 0.25) is 11.8 Å². The Balaban J connectivity index is 0.540. The number of carbonyl (C=O) groups is 3. The van der Waals surface area contributed by atoms with Crippen LogP contribution in [-0.4, -0.2) is 257 Å². The van der Waals surface area contributed by atoms with Gasteiger partial charge in [-0.3, -0.25) is 19.5 Å². The van der Waals surface area contributed by atoms with Gasteiger partial charge in [-0.05, 0) is 62.9 Å². The third kappa shape index (κ3) is 27.6. The van der Waals surface area contributed by atoms with Crippen LogP contribution in [0.2, 0.25) is 5.02 Å². The summed E-state index contributed by atoms with van der Waals surface area (Å²) in [4.78, 5) is 63.6. The topological polar surface area (TPSA) is 288 Å². The summed E-state index contributed by atoms with van der Waals surface area (Å²) < 4.78 is 66.9. The SMILES string of the molecule is Cc1cnc(N2CCC(C(=O)NCCOCCOCCOCCOCCOCCOCCOCCOCCOCCOCCOCCOCCC(=O)N3CCN(c4cc(Nc5ncc(C(=O)Nc6c(C)cccc6Cl)s5)nc(C)n4)CC3)CC2)c(-c2ccn[nH]2)c1. The quantitative estimate of drug-likeness (QED) is 0.0347. The molecule has 0 aliphatic carbocycles. The van der Waals surface area contributed by atoms with Crippen molar-refractivity contribution in [2.24, 2.45) is 5.92 Å². The van der Waals surface area contributed by atoms with Crippen molar-refractivity contribution >= 4 is 68.9 Å². The first kappa shape index (κ1) is 72.3. The normalized spacial score (nSPS) is 13.7. The van der Waals surface area contributed by atoms with Crippen LogP contribution in [0, 0.1) is 26.7 Å². The first-order valence-corrected chi connectivity index (χ1v) is 32.4. The summed E-state index contributed by atoms with van der Waals surface area (Å²) in [7, 11) is 0. The molecule has 5 aromatic rings. The highest BCUT2D eigenvalue weighted by Crippen LogP contribution is 2.32. The van der Waals surface area contributed by atoms with Gasteiger partial charge < -0.3 is 87.5 Å². The molecule has 4 aromatic heterocycles. The van der Waals surface area contributed by atoms with Crippen LogP contribution in [0.25, 0.3) is 11.3 Å². The maximum absolute atomic E-state index is 12.9. The van der Waals surface area contributed by atoms with Gasteiger partial charge in [-0.15, -0.1) is 0 Å². The summed E-state index contributed by atoms with van der Waals surface area (Å²) >= 11 is 7.50. The molecule has 0 spiro atoms. The standard InChI is InChI=1S/C62H91ClN12O15S/c1-47-43-51(53-7-11-67-72-53)59(65-45-47)75-13-8-50(9-14-75)60(77)64-12-20-80-22-24-82-26-28-84-30-32-86-34-36-88-38-40-90-42-41-89-39-37-87-35-33-85-31-29-83-27-25-81-23-21-79-19-10-57(76)74-17-15-73(16-18-74)56-44-55(68-49(3)69-56)70-62-66-46-54(91-62)61(78)71-58-48(2)5-4-6-52(58)63/h4-7,11,43-46,50H,8-10,12-42H2,1-3H3,(H,64,77)(H,67,72)(H,71,78)(H,66,68,69,70). The van der Waals surface area contributed by atoms with Crippen LogP contribution < -0.4 is 25.8 Å². The molecule has 91 heavy (non-hydrogen) atoms. The smallest absolute Gasteiger partial charge is 0.267 e. The largest absolute Gasteiger partial charge is 0.379 e. The number of hydrogen-bond donors (Lipinski definition) is 4. The summed E-state index contributed by atoms with van der Waals surface area (Å²) in [5.74, 6) is 2.57. The highest BCUT2D eigenvalue weighted by atomic mass is 35.5. The number of nitrogens with one attached hydrogen (secondary N) is 4. The second-order valence-electron chi connectivity index (χ2n) is 21.1. The average molecular weight is 1310 g/mol. The van der Waals surface area contributed by atoms with Crippen LogP contribution in [0.15, 0.2) is 55.0 Å². The molecule has 2 aliphatic heterocycles. The van der Waals surface area contributed by atoms with Crippen molar-refractivity contribution in [3.63, 3.8) is 0 Å². The number of benzene rings is 1. The third-order valence-electron chi connectivity index (χ3n) is 14.3. The summed E-state index contributed by atoms with van der Waals surface area (Å²) in [5.41, 5.74) is 4.47. The van der Waals surface area contributed by atoms with Gasteiger partial charge in [0.15, 0.2) is 5.13 Å². The lowest BCUT2D eigenvalue weighted by atomic mass is 9.95. The minimum atomic E-state index is -0.303. The zero-order valence-electron chi connectivity index (χ0n) is 52.8. The number of halogens is 1. The molecule has 0 atom stereocenters. The number of pyridine rings is 1. The molecule has 0 radical (unpaired) electrons. The van der Waals surface area contributed by atoms with Crippen molar-refractivity contribution in [2.75, 3.05) is 225 Å². The number of anilines is 5. The summed E-state index contributed by atoms with van der Waals surface area (Å²) in [6, 6.07) is 11.3. The molecule has 2 aliphatic rings. The Labute approximate surface area is 542 Å². The van der Waals surface area contributed by atoms with Gasteiger partial charge in [-0.2, -0.15) is 5.10 Å². The average Bonchev–Trinajstić information content (AvgIpc) is 1.89. The van der Waals surface area contributed by atoms with Gasteiger partial charge in [0.25, 0.3) is 5.91 Å². The van der Waals surface area contributed by atoms with Gasteiger partial charge >= 0.3 is 0 Å². The molecule has 1 aromatic carbocycles. The van der Waals surface area contributed by atoms with Crippen LogP contribution in [0.1, 0.15) is 45.9 Å². The number of amides is 3. The van der Waals surface area contributed by atoms with Crippen LogP contribution in [0.3, 0.4) is 0 Å². The number of aryl methyl sites for hydroxylation is 3. The number of thiazole rings is 1. The Hall–Kier alpha value is -6.09. The third-order valence-corrected chi connectivity index (χ3v) is 15.5. The van der Waals surface area contributed by atoms with Crippen molar-refractivity contribution < 1.29 is 71.2 Å². The first-order valence-electron chi connectivity index (χ1n) is 31.2. The molecule has 0 unspecified atom stereocenters. The highest BCUT2D eigenvalue weighted by molar-refractivity contribution is 7.17. The number of para-hydroxylation sites is 1. The highest BCUT2D eigenvalue weighted by Gasteiger charge is 2.28. The number of rotatable bonds is 47. The number of aromatic amines is 1. The van der Waals surface area contributed by atoms with E-state index < -0.39 is 0 Å². The zero-order valence-corrected chi connectivity index (χ0v) is 54.4. The van der Waals surface area contributed by atoms with Crippen molar-refractivity contribution in [3.8, 4) is 11.3 Å². The van der Waals surface area contributed by atoms with E-state index in [1.165, 1.54) is 17.5 Å². The fourth-order valence-electron chi connectivity index (χ4n) is 9.48. The van der Waals surface area contributed by atoms with E-state index in [0.717, 1.165) is 60.0 Å². The van der Waals surface area contributed by atoms with Crippen LogP contribution >= 0.6 is 22.9 Å². The predicted molar refractivity (Wildman–Crippen MR) is 344 cm³/mol. The van der Waals surface area contributed by atoms with E-state index in [1.54, 1.807) is 12.3 Å². The molecular weight excluding hydrogens is 1220 g/mol. The molecule has 27 nitrogen and oxygen atoms in total. The molecule has 4 N–H and O–H groups in total. The molecular formula is C62H91ClN12O15S. The van der Waals surface area contributed by atoms with Crippen molar-refractivity contribution in [1.82, 2.24) is 40.3 Å². The number of piperazine rings is 1. The van der Waals surface area contributed by atoms with Crippen LogP contribution in [0.5, 0.6) is 0 Å². The van der Waals surface area contributed by atoms with Gasteiger partial charge in [0.05, 0.1) is 188 Å². The van der Waals surface area contributed by atoms with Crippen molar-refractivity contribution in [1.29, 1.82) is 0 Å². The Kier molecular flexibility index (Phi) is 34.1. The number of aromatic nitrogens is 6. The summed E-state index contributed by atoms with van der Waals surface area (Å²) in [6.07, 6.45) is 6.95. The lowest BCUT2D eigenvalue weighted by Gasteiger charge is -2.35. The molecule has 3 amide bonds. The van der Waals surface area contributed by atoms with Gasteiger partial charge in [-0.25, -0.2) is 19.9 Å². The number of hydrogen-bond acceptors (Lipinski definition) is 24. The van der Waals surface area contributed by atoms with Gasteiger partial charge in [-0.1, -0.05) is 35.1 Å². The van der Waals surface area contributed by atoms with Gasteiger partial charge in [0.1, 0.15) is 28.2 Å². The fourth-order valence-corrected chi connectivity index (χ4v) is 10.5. The molecule has 2 saturated heterocycles. The van der Waals surface area contributed by atoms with E-state index in [4.69, 9.17) is 73.4 Å². The Morgan fingerprint density at radius 1 is 0.604 bits per heavy atom. The minimum absolute atomic E-state index is 0.0279. The fraction of sp³-hybridized carbons (Fsp3) is 0.613. The molecule has 6 heterocycles. The maximum Gasteiger partial charge on any atom is 0.267 e. The number of piperidine rings is 1. The molecule has 2 fully saturated rings. The van der Waals surface area contributed by atoms with E-state index in [9.17, 15) is 14.4 Å². The number of carbonyl (C=O) groups excluding carboxylic acids is 3. The van der Waals surface area contributed by atoms with Crippen molar-refractivity contribution in [3.05, 3.63) is 81.8 Å². The lowest BCUT2D eigenvalue weighted by molar-refractivity contribution is -0.132. The van der Waals surface area contributed by atoms with E-state index >= 15 is 0 Å². The van der Waals surface area contributed by atoms with Crippen LogP contribution in [0.4, 0.5) is 28.3 Å². The molecule has 0 saturated carbocycles. The Morgan fingerprint density at radius 2 is 1.13 bits per heavy atom. The molecule has 0 bridgehead atoms. The van der Waals surface area contributed by atoms with Crippen molar-refractivity contribution in [2.45, 2.75) is 40.0 Å². The van der Waals surface area contributed by atoms with Crippen LogP contribution in [-0.2, 0) is 66.4 Å². The first-order chi connectivity index (χ1) is 44.6. The predicted octanol–water partition coefficient (Wildman–Crippen LogP) is 5.56. The van der Waals surface area contributed by atoms with E-state index in [2.05, 4.69) is 57.0 Å². The lowest BCUT2D eigenvalue weighted by Crippen LogP contribution is -2.49. The Bertz CT molecular complexity index is 2830. The van der Waals surface area contributed by atoms with E-state index in [0.29, 0.717) is 230 Å². The minimum Gasteiger partial charge on any atom is -0.379 e.